The first-order valence-electron chi connectivity index (χ1n) is 19.5. The predicted octanol–water partition coefficient (Wildman–Crippen LogP) is 4.26. The van der Waals surface area contributed by atoms with Crippen molar-refractivity contribution >= 4 is 45.9 Å². The molecule has 4 aliphatic rings. The lowest BCUT2D eigenvalue weighted by atomic mass is 9.49. The fourth-order valence-corrected chi connectivity index (χ4v) is 9.67. The molecule has 0 radical (unpaired) electrons. The van der Waals surface area contributed by atoms with E-state index in [0.717, 1.165) is 49.4 Å². The molecule has 4 aromatic rings. The molecule has 1 spiro atoms. The number of nitrogens with zero attached hydrogens (tertiary/aromatic N) is 7. The van der Waals surface area contributed by atoms with Crippen LogP contribution in [0.25, 0.3) is 10.9 Å². The topological polar surface area (TPSA) is 175 Å². The molecular weight excluding hydrogens is 758 g/mol. The Bertz CT molecular complexity index is 2470. The van der Waals surface area contributed by atoms with Gasteiger partial charge in [-0.3, -0.25) is 29.4 Å². The molecule has 5 heterocycles. The summed E-state index contributed by atoms with van der Waals surface area (Å²) in [6.45, 7) is 12.6. The van der Waals surface area contributed by atoms with Crippen LogP contribution in [0.5, 0.6) is 5.75 Å². The zero-order chi connectivity index (χ0) is 41.0. The number of hydrogen-bond acceptors (Lipinski definition) is 11. The van der Waals surface area contributed by atoms with E-state index in [0.29, 0.717) is 45.0 Å². The number of halogens is 1. The molecule has 1 aliphatic carbocycles. The Morgan fingerprint density at radius 3 is 2.47 bits per heavy atom. The monoisotopic (exact) mass is 801 g/mol. The van der Waals surface area contributed by atoms with Gasteiger partial charge in [-0.25, -0.2) is 4.98 Å². The van der Waals surface area contributed by atoms with Crippen molar-refractivity contribution in [3.63, 3.8) is 0 Å². The zero-order valence-electron chi connectivity index (χ0n) is 32.8. The van der Waals surface area contributed by atoms with Crippen molar-refractivity contribution in [3.05, 3.63) is 86.9 Å². The number of ether oxygens (including phenoxy) is 1. The molecule has 3 amide bonds. The Balaban J connectivity index is 0.801. The van der Waals surface area contributed by atoms with Gasteiger partial charge in [0.15, 0.2) is 0 Å². The second kappa shape index (κ2) is 14.8. The van der Waals surface area contributed by atoms with Gasteiger partial charge in [-0.1, -0.05) is 50.4 Å². The number of imide groups is 1. The third-order valence-electron chi connectivity index (χ3n) is 12.5. The van der Waals surface area contributed by atoms with Crippen molar-refractivity contribution in [3.8, 4) is 23.7 Å². The van der Waals surface area contributed by atoms with Gasteiger partial charge < -0.3 is 15.0 Å². The summed E-state index contributed by atoms with van der Waals surface area (Å²) in [7, 11) is 0. The molecule has 0 bridgehead atoms. The number of carbonyl (C=O) groups is 3. The van der Waals surface area contributed by atoms with Crippen LogP contribution in [-0.4, -0.2) is 87.5 Å². The normalized spacial score (nSPS) is 23.1. The average Bonchev–Trinajstić information content (AvgIpc) is 3.19. The zero-order valence-corrected chi connectivity index (χ0v) is 33.6. The molecule has 3 aliphatic heterocycles. The second-order valence-electron chi connectivity index (χ2n) is 17.2. The molecule has 58 heavy (non-hydrogen) atoms. The lowest BCUT2D eigenvalue weighted by molar-refractivity contribution is -0.164. The molecule has 8 rings (SSSR count). The van der Waals surface area contributed by atoms with Crippen LogP contribution in [0.3, 0.4) is 0 Å². The molecule has 14 nitrogen and oxygen atoms in total. The first-order valence-corrected chi connectivity index (χ1v) is 19.9. The Morgan fingerprint density at radius 2 is 1.79 bits per heavy atom. The maximum Gasteiger partial charge on any atom is 0.278 e. The lowest BCUT2D eigenvalue weighted by Crippen LogP contribution is -2.74. The van der Waals surface area contributed by atoms with Crippen molar-refractivity contribution < 1.29 is 19.1 Å². The van der Waals surface area contributed by atoms with Crippen LogP contribution >= 0.6 is 11.6 Å². The van der Waals surface area contributed by atoms with Crippen molar-refractivity contribution in [1.29, 1.82) is 5.26 Å². The summed E-state index contributed by atoms with van der Waals surface area (Å²) in [6, 6.07) is 15.2. The van der Waals surface area contributed by atoms with E-state index in [1.807, 2.05) is 12.1 Å². The van der Waals surface area contributed by atoms with Gasteiger partial charge in [0.2, 0.25) is 5.91 Å². The minimum absolute atomic E-state index is 0.151. The number of anilines is 1. The first-order chi connectivity index (χ1) is 27.7. The number of amides is 3. The van der Waals surface area contributed by atoms with E-state index in [1.54, 1.807) is 42.6 Å². The van der Waals surface area contributed by atoms with Gasteiger partial charge in [-0.2, -0.15) is 9.94 Å². The molecule has 2 N–H and O–H groups in total. The van der Waals surface area contributed by atoms with Crippen LogP contribution in [-0.2, 0) is 9.59 Å². The Morgan fingerprint density at radius 1 is 1.03 bits per heavy atom. The number of carbonyl (C=O) groups excluding carboxylic acids is 3. The van der Waals surface area contributed by atoms with Crippen molar-refractivity contribution in [2.75, 3.05) is 37.6 Å². The molecule has 4 fully saturated rings. The largest absolute Gasteiger partial charge is 0.489 e. The summed E-state index contributed by atoms with van der Waals surface area (Å²) in [6.07, 6.45) is 3.85. The van der Waals surface area contributed by atoms with Crippen LogP contribution in [0.1, 0.15) is 81.0 Å². The number of piperidine rings is 2. The Labute approximate surface area is 340 Å². The number of hydrogen-bond donors (Lipinski definition) is 2. The van der Waals surface area contributed by atoms with Crippen LogP contribution in [0, 0.1) is 39.4 Å². The molecule has 1 saturated carbocycles. The predicted molar refractivity (Wildman–Crippen MR) is 216 cm³/mol. The summed E-state index contributed by atoms with van der Waals surface area (Å²) < 4.78 is 7.43. The van der Waals surface area contributed by atoms with Gasteiger partial charge >= 0.3 is 0 Å². The van der Waals surface area contributed by atoms with Crippen LogP contribution in [0.15, 0.2) is 59.5 Å². The van der Waals surface area contributed by atoms with Gasteiger partial charge in [0.1, 0.15) is 35.2 Å². The fraction of sp³-hybridized carbons (Fsp3) is 0.442. The number of nitrogens with one attached hydrogen (secondary N) is 2. The van der Waals surface area contributed by atoms with E-state index in [2.05, 4.69) is 81.3 Å². The molecule has 3 saturated heterocycles. The van der Waals surface area contributed by atoms with Crippen molar-refractivity contribution in [2.45, 2.75) is 71.6 Å². The van der Waals surface area contributed by atoms with Gasteiger partial charge in [0, 0.05) is 59.7 Å². The van der Waals surface area contributed by atoms with Crippen molar-refractivity contribution in [2.24, 2.45) is 16.2 Å². The Kier molecular flexibility index (Phi) is 9.98. The van der Waals surface area contributed by atoms with E-state index in [-0.39, 0.29) is 53.0 Å². The number of pyridine rings is 1. The number of benzene rings is 2. The third-order valence-corrected chi connectivity index (χ3v) is 12.8. The second-order valence-corrected chi connectivity index (χ2v) is 17.6. The average molecular weight is 802 g/mol. The van der Waals surface area contributed by atoms with E-state index in [1.165, 1.54) is 0 Å². The highest BCUT2D eigenvalue weighted by Crippen LogP contribution is 2.55. The van der Waals surface area contributed by atoms with Crippen LogP contribution < -0.4 is 25.8 Å². The summed E-state index contributed by atoms with van der Waals surface area (Å²) in [5, 5.41) is 23.7. The number of rotatable bonds is 7. The molecule has 1 unspecified atom stereocenters. The maximum atomic E-state index is 13.3. The molecule has 1 atom stereocenters. The summed E-state index contributed by atoms with van der Waals surface area (Å²) >= 11 is 6.23. The minimum atomic E-state index is -0.850. The lowest BCUT2D eigenvalue weighted by Gasteiger charge is -2.63. The summed E-state index contributed by atoms with van der Waals surface area (Å²) in [4.78, 5) is 59.5. The SMILES string of the molecule is CC1(C)C(NC(=O)c2ccc(C#CCN3CCC4(CC3)CN(c3ccc5c(=O)n(C6CCC(=O)NC6=O)nnc5c3)C4)nc2)C(C)(C)C1Oc1ccc(C#N)c(Cl)c1. The van der Waals surface area contributed by atoms with E-state index < -0.39 is 17.5 Å². The minimum Gasteiger partial charge on any atom is -0.489 e. The van der Waals surface area contributed by atoms with E-state index in [9.17, 15) is 24.4 Å². The smallest absolute Gasteiger partial charge is 0.278 e. The number of fused-ring (bicyclic) bond motifs is 1. The number of aromatic nitrogens is 4. The standard InChI is InChI=1S/C43H44ClN9O5/c1-41(2)39(42(3,4)40(41)58-30-11-8-26(22-45)32(44)21-30)48-36(55)27-7-9-28(46-23-27)6-5-17-51-18-15-43(16-19-51)24-52(25-43)29-10-12-31-33(20-29)49-50-53(38(31)57)34-13-14-35(54)47-37(34)56/h7-12,20-21,23,34,39-40H,13-19,24-25H2,1-4H3,(H,48,55)(H,47,54,56). The molecule has 2 aromatic carbocycles. The highest BCUT2D eigenvalue weighted by Gasteiger charge is 2.64. The molecule has 15 heteroatoms. The van der Waals surface area contributed by atoms with Gasteiger partial charge in [0.05, 0.1) is 28.1 Å². The fourth-order valence-electron chi connectivity index (χ4n) is 9.46. The summed E-state index contributed by atoms with van der Waals surface area (Å²) in [5.74, 6) is 5.90. The van der Waals surface area contributed by atoms with Gasteiger partial charge in [0.25, 0.3) is 17.4 Å². The highest BCUT2D eigenvalue weighted by atomic mass is 35.5. The van der Waals surface area contributed by atoms with Crippen molar-refractivity contribution in [1.82, 2.24) is 35.5 Å². The van der Waals surface area contributed by atoms with E-state index >= 15 is 0 Å². The quantitative estimate of drug-likeness (QED) is 0.202. The third kappa shape index (κ3) is 7.16. The molecule has 298 valence electrons. The molecule has 2 aromatic heterocycles. The molecular formula is C43H44ClN9O5. The van der Waals surface area contributed by atoms with Gasteiger partial charge in [-0.15, -0.1) is 5.10 Å². The van der Waals surface area contributed by atoms with Gasteiger partial charge in [-0.05, 0) is 80.7 Å². The number of likely N-dealkylation sites (tertiary alicyclic amines) is 1. The number of nitriles is 1. The summed E-state index contributed by atoms with van der Waals surface area (Å²) in [5.41, 5.74) is 1.98. The van der Waals surface area contributed by atoms with Crippen LogP contribution in [0.2, 0.25) is 5.02 Å². The van der Waals surface area contributed by atoms with E-state index in [4.69, 9.17) is 16.3 Å². The first kappa shape index (κ1) is 39.0. The highest BCUT2D eigenvalue weighted by molar-refractivity contribution is 6.31. The Hall–Kier alpha value is -5.83. The maximum absolute atomic E-state index is 13.3. The van der Waals surface area contributed by atoms with Crippen LogP contribution in [0.4, 0.5) is 5.69 Å².